The van der Waals surface area contributed by atoms with Crippen molar-refractivity contribution in [2.45, 2.75) is 69.5 Å². The van der Waals surface area contributed by atoms with Gasteiger partial charge in [0.25, 0.3) is 0 Å². The number of hydrogen-bond acceptors (Lipinski definition) is 3. The van der Waals surface area contributed by atoms with Gasteiger partial charge in [0.2, 0.25) is 0 Å². The number of epoxide rings is 1. The Morgan fingerprint density at radius 3 is 2.24 bits per heavy atom. The summed E-state index contributed by atoms with van der Waals surface area (Å²) >= 11 is 0. The zero-order valence-electron chi connectivity index (χ0n) is 13.2. The first-order valence-corrected chi connectivity index (χ1v) is 9.65. The molecule has 1 saturated heterocycles. The van der Waals surface area contributed by atoms with Crippen molar-refractivity contribution in [1.29, 1.82) is 0 Å². The topological polar surface area (TPSA) is 46.7 Å². The molecule has 1 aliphatic rings. The predicted molar refractivity (Wildman–Crippen MR) is 85.4 cm³/mol. The largest absolute Gasteiger partial charge is 0.370 e. The average molecular weight is 310 g/mol. The van der Waals surface area contributed by atoms with Gasteiger partial charge in [0.15, 0.2) is 9.84 Å². The van der Waals surface area contributed by atoms with Crippen molar-refractivity contribution in [2.24, 2.45) is 0 Å². The van der Waals surface area contributed by atoms with E-state index >= 15 is 0 Å². The van der Waals surface area contributed by atoms with Crippen LogP contribution in [-0.2, 0) is 14.6 Å². The third kappa shape index (κ3) is 4.07. The SMILES string of the molecule is CCCS(=O)(=O)c1ccc(C(CC)CC2OC2CC)cc1. The Morgan fingerprint density at radius 1 is 1.10 bits per heavy atom. The van der Waals surface area contributed by atoms with Gasteiger partial charge >= 0.3 is 0 Å². The van der Waals surface area contributed by atoms with E-state index in [0.29, 0.717) is 29.4 Å². The van der Waals surface area contributed by atoms with Crippen molar-refractivity contribution in [1.82, 2.24) is 0 Å². The van der Waals surface area contributed by atoms with Gasteiger partial charge in [0.05, 0.1) is 22.9 Å². The van der Waals surface area contributed by atoms with Gasteiger partial charge in [-0.05, 0) is 49.3 Å². The summed E-state index contributed by atoms with van der Waals surface area (Å²) in [5.41, 5.74) is 1.22. The number of hydrogen-bond donors (Lipinski definition) is 0. The average Bonchev–Trinajstić information content (AvgIpc) is 3.23. The molecule has 1 aliphatic heterocycles. The second kappa shape index (κ2) is 6.93. The van der Waals surface area contributed by atoms with Crippen LogP contribution in [0, 0.1) is 0 Å². The second-order valence-electron chi connectivity index (χ2n) is 5.85. The van der Waals surface area contributed by atoms with Crippen LogP contribution in [0.3, 0.4) is 0 Å². The van der Waals surface area contributed by atoms with Gasteiger partial charge in [-0.15, -0.1) is 0 Å². The summed E-state index contributed by atoms with van der Waals surface area (Å²) < 4.78 is 29.7. The Hall–Kier alpha value is -0.870. The van der Waals surface area contributed by atoms with Gasteiger partial charge in [-0.3, -0.25) is 0 Å². The number of benzene rings is 1. The van der Waals surface area contributed by atoms with Crippen molar-refractivity contribution < 1.29 is 13.2 Å². The molecule has 0 spiro atoms. The summed E-state index contributed by atoms with van der Waals surface area (Å²) in [5.74, 6) is 0.673. The van der Waals surface area contributed by atoms with Crippen LogP contribution in [0.2, 0.25) is 0 Å². The van der Waals surface area contributed by atoms with E-state index in [9.17, 15) is 8.42 Å². The monoisotopic (exact) mass is 310 g/mol. The number of rotatable bonds is 8. The molecular weight excluding hydrogens is 284 g/mol. The van der Waals surface area contributed by atoms with Gasteiger partial charge < -0.3 is 4.74 Å². The van der Waals surface area contributed by atoms with E-state index in [1.165, 1.54) is 5.56 Å². The van der Waals surface area contributed by atoms with Crippen LogP contribution in [0.1, 0.15) is 57.9 Å². The fraction of sp³-hybridized carbons (Fsp3) is 0.647. The minimum absolute atomic E-state index is 0.220. The molecule has 1 heterocycles. The molecule has 3 nitrogen and oxygen atoms in total. The molecule has 0 saturated carbocycles. The third-order valence-corrected chi connectivity index (χ3v) is 6.22. The smallest absolute Gasteiger partial charge is 0.178 e. The Morgan fingerprint density at radius 2 is 1.76 bits per heavy atom. The Bertz CT molecular complexity index is 548. The van der Waals surface area contributed by atoms with Crippen LogP contribution in [0.4, 0.5) is 0 Å². The highest BCUT2D eigenvalue weighted by atomic mass is 32.2. The molecule has 4 heteroatoms. The lowest BCUT2D eigenvalue weighted by Gasteiger charge is -2.14. The fourth-order valence-corrected chi connectivity index (χ4v) is 4.22. The molecule has 0 radical (unpaired) electrons. The van der Waals surface area contributed by atoms with Crippen LogP contribution < -0.4 is 0 Å². The van der Waals surface area contributed by atoms with Crippen molar-refractivity contribution in [3.05, 3.63) is 29.8 Å². The molecule has 0 aliphatic carbocycles. The normalized spacial score (nSPS) is 23.0. The van der Waals surface area contributed by atoms with Crippen LogP contribution in [-0.4, -0.2) is 26.4 Å². The van der Waals surface area contributed by atoms with Gasteiger partial charge in [0.1, 0.15) is 0 Å². The minimum Gasteiger partial charge on any atom is -0.370 e. The Balaban J connectivity index is 2.06. The standard InChI is InChI=1S/C17H26O3S/c1-4-11-21(18,19)15-9-7-14(8-10-15)13(5-2)12-17-16(6-3)20-17/h7-10,13,16-17H,4-6,11-12H2,1-3H3. The Kier molecular flexibility index (Phi) is 5.44. The molecule has 21 heavy (non-hydrogen) atoms. The molecule has 2 rings (SSSR count). The summed E-state index contributed by atoms with van der Waals surface area (Å²) in [4.78, 5) is 0.442. The molecule has 1 aromatic carbocycles. The quantitative estimate of drug-likeness (QED) is 0.683. The second-order valence-corrected chi connectivity index (χ2v) is 7.96. The van der Waals surface area contributed by atoms with Gasteiger partial charge in [-0.2, -0.15) is 0 Å². The van der Waals surface area contributed by atoms with Crippen molar-refractivity contribution in [3.63, 3.8) is 0 Å². The molecule has 0 amide bonds. The summed E-state index contributed by atoms with van der Waals surface area (Å²) in [6.07, 6.45) is 4.65. The lowest BCUT2D eigenvalue weighted by molar-refractivity contribution is 0.349. The predicted octanol–water partition coefficient (Wildman–Crippen LogP) is 3.93. The number of ether oxygens (including phenoxy) is 1. The van der Waals surface area contributed by atoms with Crippen molar-refractivity contribution >= 4 is 9.84 Å². The van der Waals surface area contributed by atoms with E-state index in [1.54, 1.807) is 12.1 Å². The van der Waals surface area contributed by atoms with Crippen molar-refractivity contribution in [2.75, 3.05) is 5.75 Å². The molecule has 3 unspecified atom stereocenters. The first kappa shape index (κ1) is 16.5. The molecular formula is C17H26O3S. The van der Waals surface area contributed by atoms with Crippen LogP contribution in [0.25, 0.3) is 0 Å². The van der Waals surface area contributed by atoms with E-state index in [-0.39, 0.29) is 5.75 Å². The molecule has 0 aromatic heterocycles. The molecule has 1 aromatic rings. The maximum absolute atomic E-state index is 12.0. The lowest BCUT2D eigenvalue weighted by atomic mass is 9.91. The lowest BCUT2D eigenvalue weighted by Crippen LogP contribution is -2.07. The Labute approximate surface area is 128 Å². The first-order chi connectivity index (χ1) is 10.0. The summed E-state index contributed by atoms with van der Waals surface area (Å²) in [6.45, 7) is 6.22. The van der Waals surface area contributed by atoms with Gasteiger partial charge in [0, 0.05) is 0 Å². The van der Waals surface area contributed by atoms with Crippen LogP contribution in [0.5, 0.6) is 0 Å². The highest BCUT2D eigenvalue weighted by molar-refractivity contribution is 7.91. The van der Waals surface area contributed by atoms with E-state index < -0.39 is 9.84 Å². The summed E-state index contributed by atoms with van der Waals surface area (Å²) in [5, 5.41) is 0. The molecule has 118 valence electrons. The van der Waals surface area contributed by atoms with E-state index in [0.717, 1.165) is 19.3 Å². The highest BCUT2D eigenvalue weighted by Gasteiger charge is 2.38. The maximum Gasteiger partial charge on any atom is 0.178 e. The summed E-state index contributed by atoms with van der Waals surface area (Å²) in [6, 6.07) is 7.46. The third-order valence-electron chi connectivity index (χ3n) is 4.28. The van der Waals surface area contributed by atoms with Crippen LogP contribution >= 0.6 is 0 Å². The van der Waals surface area contributed by atoms with E-state index in [2.05, 4.69) is 13.8 Å². The van der Waals surface area contributed by atoms with E-state index in [1.807, 2.05) is 19.1 Å². The van der Waals surface area contributed by atoms with E-state index in [4.69, 9.17) is 4.74 Å². The zero-order valence-corrected chi connectivity index (χ0v) is 14.0. The van der Waals surface area contributed by atoms with Gasteiger partial charge in [-0.1, -0.05) is 32.9 Å². The molecule has 3 atom stereocenters. The van der Waals surface area contributed by atoms with Gasteiger partial charge in [-0.25, -0.2) is 8.42 Å². The van der Waals surface area contributed by atoms with Crippen molar-refractivity contribution in [3.8, 4) is 0 Å². The summed E-state index contributed by atoms with van der Waals surface area (Å²) in [7, 11) is -3.11. The first-order valence-electron chi connectivity index (χ1n) is 8.00. The molecule has 0 N–H and O–H groups in total. The minimum atomic E-state index is -3.11. The molecule has 0 bridgehead atoms. The number of sulfone groups is 1. The highest BCUT2D eigenvalue weighted by Crippen LogP contribution is 2.36. The fourth-order valence-electron chi connectivity index (χ4n) is 2.90. The molecule has 1 fully saturated rings. The maximum atomic E-state index is 12.0. The van der Waals surface area contributed by atoms with Crippen LogP contribution in [0.15, 0.2) is 29.2 Å². The zero-order chi connectivity index (χ0) is 15.5.